The van der Waals surface area contributed by atoms with Crippen LogP contribution in [0.25, 0.3) is 0 Å². The predicted molar refractivity (Wildman–Crippen MR) is 84.4 cm³/mol. The van der Waals surface area contributed by atoms with Crippen molar-refractivity contribution in [3.05, 3.63) is 29.8 Å². The first-order valence-corrected chi connectivity index (χ1v) is 7.71. The lowest BCUT2D eigenvalue weighted by Crippen LogP contribution is -2.36. The van der Waals surface area contributed by atoms with E-state index in [0.29, 0.717) is 25.1 Å². The van der Waals surface area contributed by atoms with Gasteiger partial charge in [-0.15, -0.1) is 0 Å². The van der Waals surface area contributed by atoms with Gasteiger partial charge in [0.25, 0.3) is 0 Å². The number of hydrogen-bond donors (Lipinski definition) is 2. The maximum Gasteiger partial charge on any atom is 0.122 e. The second-order valence-electron chi connectivity index (χ2n) is 5.53. The van der Waals surface area contributed by atoms with Gasteiger partial charge in [0.2, 0.25) is 0 Å². The number of hydrogen-bond acceptors (Lipinski definition) is 3. The molecule has 1 aromatic rings. The van der Waals surface area contributed by atoms with Crippen LogP contribution in [-0.4, -0.2) is 30.4 Å². The molecule has 0 radical (unpaired) electrons. The Morgan fingerprint density at radius 2 is 1.85 bits per heavy atom. The van der Waals surface area contributed by atoms with Crippen molar-refractivity contribution in [1.82, 2.24) is 5.32 Å². The number of aliphatic hydroxyl groups excluding tert-OH is 1. The molecule has 0 spiro atoms. The fourth-order valence-corrected chi connectivity index (χ4v) is 1.97. The lowest BCUT2D eigenvalue weighted by molar-refractivity contribution is 0.103. The third-order valence-electron chi connectivity index (χ3n) is 3.81. The van der Waals surface area contributed by atoms with E-state index in [-0.39, 0.29) is 0 Å². The summed E-state index contributed by atoms with van der Waals surface area (Å²) < 4.78 is 5.80. The van der Waals surface area contributed by atoms with E-state index in [0.717, 1.165) is 18.6 Å². The number of nitrogens with one attached hydrogen (secondary N) is 1. The fraction of sp³-hybridized carbons (Fsp3) is 0.647. The second kappa shape index (κ2) is 8.98. The predicted octanol–water partition coefficient (Wildman–Crippen LogP) is 3.33. The number of ether oxygens (including phenoxy) is 1. The van der Waals surface area contributed by atoms with Crippen molar-refractivity contribution < 1.29 is 9.84 Å². The van der Waals surface area contributed by atoms with Crippen LogP contribution in [0.5, 0.6) is 5.75 Å². The molecule has 3 atom stereocenters. The van der Waals surface area contributed by atoms with Gasteiger partial charge in [-0.3, -0.25) is 0 Å². The van der Waals surface area contributed by atoms with Gasteiger partial charge in [-0.05, 0) is 37.3 Å². The second-order valence-corrected chi connectivity index (χ2v) is 5.53. The zero-order valence-corrected chi connectivity index (χ0v) is 13.2. The average Bonchev–Trinajstić information content (AvgIpc) is 2.49. The molecule has 1 rings (SSSR count). The minimum atomic E-state index is -0.478. The summed E-state index contributed by atoms with van der Waals surface area (Å²) in [5.74, 6) is 1.37. The van der Waals surface area contributed by atoms with Crippen LogP contribution in [0.1, 0.15) is 52.0 Å². The molecule has 0 heterocycles. The Labute approximate surface area is 123 Å². The topological polar surface area (TPSA) is 41.5 Å². The largest absolute Gasteiger partial charge is 0.491 e. The van der Waals surface area contributed by atoms with Crippen LogP contribution >= 0.6 is 0 Å². The molecule has 0 bridgehead atoms. The van der Waals surface area contributed by atoms with Crippen molar-refractivity contribution in [2.45, 2.75) is 58.6 Å². The van der Waals surface area contributed by atoms with Gasteiger partial charge >= 0.3 is 0 Å². The maximum atomic E-state index is 9.95. The van der Waals surface area contributed by atoms with Crippen molar-refractivity contribution in [3.63, 3.8) is 0 Å². The van der Waals surface area contributed by atoms with Gasteiger partial charge in [-0.1, -0.05) is 39.0 Å². The third kappa shape index (κ3) is 5.51. The van der Waals surface area contributed by atoms with E-state index in [2.05, 4.69) is 39.1 Å². The molecular weight excluding hydrogens is 250 g/mol. The van der Waals surface area contributed by atoms with Gasteiger partial charge in [0.15, 0.2) is 0 Å². The molecule has 0 aromatic heterocycles. The summed E-state index contributed by atoms with van der Waals surface area (Å²) in [5, 5.41) is 13.2. The SMILES string of the molecule is CCC(C)NCC(O)COc1ccccc1C(C)CC. The first-order valence-electron chi connectivity index (χ1n) is 7.71. The van der Waals surface area contributed by atoms with Gasteiger partial charge in [-0.25, -0.2) is 0 Å². The summed E-state index contributed by atoms with van der Waals surface area (Å²) >= 11 is 0. The van der Waals surface area contributed by atoms with Crippen molar-refractivity contribution >= 4 is 0 Å². The first-order chi connectivity index (χ1) is 9.58. The van der Waals surface area contributed by atoms with Gasteiger partial charge < -0.3 is 15.2 Å². The fourth-order valence-electron chi connectivity index (χ4n) is 1.97. The lowest BCUT2D eigenvalue weighted by Gasteiger charge is -2.19. The molecule has 0 fully saturated rings. The van der Waals surface area contributed by atoms with Crippen molar-refractivity contribution in [1.29, 1.82) is 0 Å². The van der Waals surface area contributed by atoms with E-state index in [9.17, 15) is 5.11 Å². The van der Waals surface area contributed by atoms with E-state index >= 15 is 0 Å². The summed E-state index contributed by atoms with van der Waals surface area (Å²) in [6, 6.07) is 8.53. The molecule has 0 aliphatic heterocycles. The highest BCUT2D eigenvalue weighted by Gasteiger charge is 2.12. The van der Waals surface area contributed by atoms with Crippen molar-refractivity contribution in [2.24, 2.45) is 0 Å². The standard InChI is InChI=1S/C17H29NO2/c1-5-13(3)16-9-7-8-10-17(16)20-12-15(19)11-18-14(4)6-2/h7-10,13-15,18-19H,5-6,11-12H2,1-4H3. The first kappa shape index (κ1) is 17.0. The summed E-state index contributed by atoms with van der Waals surface area (Å²) in [6.45, 7) is 9.52. The van der Waals surface area contributed by atoms with Gasteiger partial charge in [0.05, 0.1) is 0 Å². The molecule has 1 aromatic carbocycles. The van der Waals surface area contributed by atoms with E-state index < -0.39 is 6.10 Å². The Balaban J connectivity index is 2.49. The quantitative estimate of drug-likeness (QED) is 0.728. The molecule has 20 heavy (non-hydrogen) atoms. The van der Waals surface area contributed by atoms with Gasteiger partial charge in [0.1, 0.15) is 18.5 Å². The number of para-hydroxylation sites is 1. The monoisotopic (exact) mass is 279 g/mol. The summed E-state index contributed by atoms with van der Waals surface area (Å²) in [7, 11) is 0. The molecule has 0 saturated heterocycles. The molecule has 3 nitrogen and oxygen atoms in total. The Morgan fingerprint density at radius 1 is 1.15 bits per heavy atom. The zero-order valence-electron chi connectivity index (χ0n) is 13.2. The van der Waals surface area contributed by atoms with E-state index in [1.54, 1.807) is 0 Å². The normalized spacial score (nSPS) is 15.7. The van der Waals surface area contributed by atoms with Crippen LogP contribution in [0.2, 0.25) is 0 Å². The molecule has 3 unspecified atom stereocenters. The molecule has 0 aliphatic rings. The smallest absolute Gasteiger partial charge is 0.122 e. The van der Waals surface area contributed by atoms with Gasteiger partial charge in [-0.2, -0.15) is 0 Å². The Bertz CT molecular complexity index is 381. The van der Waals surface area contributed by atoms with Crippen LogP contribution in [0.15, 0.2) is 24.3 Å². The van der Waals surface area contributed by atoms with E-state index in [1.165, 1.54) is 5.56 Å². The minimum absolute atomic E-state index is 0.330. The van der Waals surface area contributed by atoms with Crippen molar-refractivity contribution in [3.8, 4) is 5.75 Å². The molecular formula is C17H29NO2. The Hall–Kier alpha value is -1.06. The highest BCUT2D eigenvalue weighted by molar-refractivity contribution is 5.35. The number of rotatable bonds is 9. The molecule has 3 heteroatoms. The molecule has 114 valence electrons. The van der Waals surface area contributed by atoms with Crippen LogP contribution in [0, 0.1) is 0 Å². The number of aliphatic hydroxyl groups is 1. The zero-order chi connectivity index (χ0) is 15.0. The van der Waals surface area contributed by atoms with E-state index in [1.807, 2.05) is 18.2 Å². The average molecular weight is 279 g/mol. The van der Waals surface area contributed by atoms with Crippen LogP contribution in [0.3, 0.4) is 0 Å². The summed E-state index contributed by atoms with van der Waals surface area (Å²) in [5.41, 5.74) is 1.22. The van der Waals surface area contributed by atoms with Gasteiger partial charge in [0, 0.05) is 12.6 Å². The Kier molecular flexibility index (Phi) is 7.63. The third-order valence-corrected chi connectivity index (χ3v) is 3.81. The summed E-state index contributed by atoms with van der Waals surface area (Å²) in [4.78, 5) is 0. The summed E-state index contributed by atoms with van der Waals surface area (Å²) in [6.07, 6.45) is 1.66. The molecule has 0 amide bonds. The lowest BCUT2D eigenvalue weighted by atomic mass is 9.98. The van der Waals surface area contributed by atoms with E-state index in [4.69, 9.17) is 4.74 Å². The molecule has 2 N–H and O–H groups in total. The number of benzene rings is 1. The van der Waals surface area contributed by atoms with Crippen LogP contribution < -0.4 is 10.1 Å². The highest BCUT2D eigenvalue weighted by atomic mass is 16.5. The highest BCUT2D eigenvalue weighted by Crippen LogP contribution is 2.28. The molecule has 0 aliphatic carbocycles. The van der Waals surface area contributed by atoms with Crippen molar-refractivity contribution in [2.75, 3.05) is 13.2 Å². The molecule has 0 saturated carbocycles. The Morgan fingerprint density at radius 3 is 2.50 bits per heavy atom. The maximum absolute atomic E-state index is 9.95. The van der Waals surface area contributed by atoms with Crippen LogP contribution in [0.4, 0.5) is 0 Å². The van der Waals surface area contributed by atoms with Crippen LogP contribution in [-0.2, 0) is 0 Å². The minimum Gasteiger partial charge on any atom is -0.491 e.